The summed E-state index contributed by atoms with van der Waals surface area (Å²) in [5, 5.41) is 19.1. The maximum absolute atomic E-state index is 10.5. The molecule has 0 aromatic heterocycles. The Morgan fingerprint density at radius 1 is 1.20 bits per heavy atom. The van der Waals surface area contributed by atoms with Crippen LogP contribution in [0.1, 0.15) is 11.9 Å². The molecule has 1 aromatic rings. The smallest absolute Gasteiger partial charge is 0.272 e. The third-order valence-electron chi connectivity index (χ3n) is 2.14. The van der Waals surface area contributed by atoms with Gasteiger partial charge in [0.05, 0.1) is 0 Å². The van der Waals surface area contributed by atoms with E-state index < -0.39 is 6.29 Å². The molecule has 0 aliphatic carbocycles. The van der Waals surface area contributed by atoms with Gasteiger partial charge in [0.25, 0.3) is 5.71 Å². The minimum atomic E-state index is -0.463. The first kappa shape index (κ1) is 9.95. The predicted octanol–water partition coefficient (Wildman–Crippen LogP) is 1.07. The van der Waals surface area contributed by atoms with Crippen LogP contribution < -0.4 is 0 Å². The lowest BCUT2D eigenvalue weighted by atomic mass is 10.2. The first-order valence-electron chi connectivity index (χ1n) is 4.56. The van der Waals surface area contributed by atoms with Crippen molar-refractivity contribution in [2.75, 3.05) is 13.2 Å². The van der Waals surface area contributed by atoms with Crippen molar-refractivity contribution >= 4 is 5.71 Å². The van der Waals surface area contributed by atoms with Crippen molar-refractivity contribution in [2.45, 2.75) is 6.29 Å². The van der Waals surface area contributed by atoms with Gasteiger partial charge in [0.15, 0.2) is 6.29 Å². The summed E-state index contributed by atoms with van der Waals surface area (Å²) < 4.78 is 10.6. The fraction of sp³-hybridized carbons (Fsp3) is 0.300. The second kappa shape index (κ2) is 4.29. The molecule has 1 saturated heterocycles. The molecule has 1 aliphatic rings. The molecule has 5 heteroatoms. The van der Waals surface area contributed by atoms with Crippen LogP contribution in [-0.2, 0) is 9.47 Å². The summed E-state index contributed by atoms with van der Waals surface area (Å²) >= 11 is 0. The van der Waals surface area contributed by atoms with Crippen molar-refractivity contribution in [3.8, 4) is 0 Å². The SMILES string of the molecule is [O-][N+](O)=C1COC(c2ccccc2)OC1. The van der Waals surface area contributed by atoms with E-state index in [1.165, 1.54) is 0 Å². The Morgan fingerprint density at radius 3 is 2.33 bits per heavy atom. The van der Waals surface area contributed by atoms with Crippen LogP contribution in [0.15, 0.2) is 30.3 Å². The lowest BCUT2D eigenvalue weighted by Gasteiger charge is -2.22. The van der Waals surface area contributed by atoms with Crippen molar-refractivity contribution in [1.82, 2.24) is 0 Å². The normalized spacial score (nSPS) is 21.3. The zero-order valence-corrected chi connectivity index (χ0v) is 8.00. The number of benzene rings is 1. The van der Waals surface area contributed by atoms with E-state index in [1.807, 2.05) is 30.3 Å². The Bertz CT molecular complexity index is 349. The first-order chi connectivity index (χ1) is 7.27. The van der Waals surface area contributed by atoms with Crippen LogP contribution in [0, 0.1) is 5.21 Å². The third-order valence-corrected chi connectivity index (χ3v) is 2.14. The van der Waals surface area contributed by atoms with Crippen LogP contribution in [0.5, 0.6) is 0 Å². The van der Waals surface area contributed by atoms with Gasteiger partial charge in [0, 0.05) is 10.5 Å². The van der Waals surface area contributed by atoms with E-state index in [4.69, 9.17) is 14.7 Å². The minimum Gasteiger partial charge on any atom is -0.417 e. The second-order valence-electron chi connectivity index (χ2n) is 3.20. The summed E-state index contributed by atoms with van der Waals surface area (Å²) in [6.07, 6.45) is -0.463. The van der Waals surface area contributed by atoms with Gasteiger partial charge in [0.1, 0.15) is 13.2 Å². The van der Waals surface area contributed by atoms with Crippen LogP contribution in [0.25, 0.3) is 0 Å². The highest BCUT2D eigenvalue weighted by Crippen LogP contribution is 2.21. The highest BCUT2D eigenvalue weighted by atomic mass is 16.8. The third kappa shape index (κ3) is 2.26. The van der Waals surface area contributed by atoms with E-state index in [-0.39, 0.29) is 23.8 Å². The molecular formula is C10H11NO4. The Balaban J connectivity index is 2.03. The molecule has 1 N–H and O–H groups in total. The van der Waals surface area contributed by atoms with E-state index in [1.54, 1.807) is 0 Å². The average Bonchev–Trinajstić information content (AvgIpc) is 2.30. The maximum Gasteiger partial charge on any atom is 0.272 e. The second-order valence-corrected chi connectivity index (χ2v) is 3.20. The van der Waals surface area contributed by atoms with Crippen molar-refractivity contribution in [3.05, 3.63) is 41.1 Å². The van der Waals surface area contributed by atoms with Crippen molar-refractivity contribution < 1.29 is 19.6 Å². The lowest BCUT2D eigenvalue weighted by molar-refractivity contribution is -0.728. The molecule has 0 spiro atoms. The molecule has 0 unspecified atom stereocenters. The van der Waals surface area contributed by atoms with Gasteiger partial charge in [0.2, 0.25) is 0 Å². The molecule has 0 bridgehead atoms. The number of hydrogen-bond donors (Lipinski definition) is 1. The molecule has 2 rings (SSSR count). The maximum atomic E-state index is 10.5. The van der Waals surface area contributed by atoms with E-state index in [0.29, 0.717) is 0 Å². The van der Waals surface area contributed by atoms with Crippen molar-refractivity contribution in [1.29, 1.82) is 0 Å². The molecule has 0 radical (unpaired) electrons. The molecule has 5 nitrogen and oxygen atoms in total. The summed E-state index contributed by atoms with van der Waals surface area (Å²) in [7, 11) is 0. The van der Waals surface area contributed by atoms with Gasteiger partial charge in [-0.1, -0.05) is 30.3 Å². The van der Waals surface area contributed by atoms with Gasteiger partial charge in [-0.3, -0.25) is 5.21 Å². The van der Waals surface area contributed by atoms with Crippen molar-refractivity contribution in [3.63, 3.8) is 0 Å². The van der Waals surface area contributed by atoms with E-state index in [9.17, 15) is 5.21 Å². The van der Waals surface area contributed by atoms with Crippen LogP contribution in [-0.4, -0.2) is 29.0 Å². The molecular weight excluding hydrogens is 198 g/mol. The first-order valence-corrected chi connectivity index (χ1v) is 4.56. The largest absolute Gasteiger partial charge is 0.417 e. The van der Waals surface area contributed by atoms with Crippen LogP contribution >= 0.6 is 0 Å². The van der Waals surface area contributed by atoms with Crippen molar-refractivity contribution in [2.24, 2.45) is 0 Å². The van der Waals surface area contributed by atoms with Gasteiger partial charge in [-0.15, -0.1) is 0 Å². The van der Waals surface area contributed by atoms with Crippen LogP contribution in [0.3, 0.4) is 0 Å². The summed E-state index contributed by atoms with van der Waals surface area (Å²) in [5.41, 5.74) is 1.06. The molecule has 1 aromatic carbocycles. The van der Waals surface area contributed by atoms with E-state index in [0.717, 1.165) is 5.56 Å². The minimum absolute atomic E-state index is 0.0829. The topological polar surface area (TPSA) is 64.8 Å². The quantitative estimate of drug-likeness (QED) is 0.427. The Morgan fingerprint density at radius 2 is 1.80 bits per heavy atom. The summed E-state index contributed by atoms with van der Waals surface area (Å²) in [6.45, 7) is 0.166. The fourth-order valence-electron chi connectivity index (χ4n) is 1.35. The van der Waals surface area contributed by atoms with Gasteiger partial charge < -0.3 is 14.7 Å². The number of hydrogen-bond acceptors (Lipinski definition) is 4. The fourth-order valence-corrected chi connectivity index (χ4v) is 1.35. The summed E-state index contributed by atoms with van der Waals surface area (Å²) in [4.78, 5) is -0.207. The molecule has 0 saturated carbocycles. The van der Waals surface area contributed by atoms with Gasteiger partial charge in [-0.05, 0) is 0 Å². The molecule has 1 heterocycles. The number of rotatable bonds is 1. The molecule has 1 aliphatic heterocycles. The monoisotopic (exact) mass is 209 g/mol. The standard InChI is InChI=1S/C10H11NO4/c12-11(13)9-6-14-10(15-7-9)8-4-2-1-3-5-8/h1-5,10H,6-7H2,(H,12,13). The highest BCUT2D eigenvalue weighted by Gasteiger charge is 2.25. The predicted molar refractivity (Wildman–Crippen MR) is 51.5 cm³/mol. The molecule has 1 fully saturated rings. The van der Waals surface area contributed by atoms with Crippen LogP contribution in [0.4, 0.5) is 0 Å². The zero-order valence-electron chi connectivity index (χ0n) is 8.00. The summed E-state index contributed by atoms with van der Waals surface area (Å²) in [5.74, 6) is 0. The number of ether oxygens (including phenoxy) is 2. The van der Waals surface area contributed by atoms with E-state index >= 15 is 0 Å². The molecule has 80 valence electrons. The lowest BCUT2D eigenvalue weighted by Crippen LogP contribution is -2.32. The highest BCUT2D eigenvalue weighted by molar-refractivity contribution is 5.82. The van der Waals surface area contributed by atoms with Gasteiger partial charge in [-0.2, -0.15) is 0 Å². The Labute approximate surface area is 86.7 Å². The van der Waals surface area contributed by atoms with Gasteiger partial charge in [-0.25, -0.2) is 0 Å². The Hall–Kier alpha value is -1.59. The van der Waals surface area contributed by atoms with Crippen LogP contribution in [0.2, 0.25) is 0 Å². The average molecular weight is 209 g/mol. The molecule has 15 heavy (non-hydrogen) atoms. The summed E-state index contributed by atoms with van der Waals surface area (Å²) in [6, 6.07) is 9.42. The zero-order chi connectivity index (χ0) is 10.7. The molecule has 0 atom stereocenters. The van der Waals surface area contributed by atoms with E-state index in [2.05, 4.69) is 0 Å². The Kier molecular flexibility index (Phi) is 2.84. The molecule has 0 amide bonds. The van der Waals surface area contributed by atoms with Gasteiger partial charge >= 0.3 is 0 Å². The number of nitrogens with zero attached hydrogens (tertiary/aromatic N) is 1.